The van der Waals surface area contributed by atoms with Gasteiger partial charge in [0.05, 0.1) is 5.56 Å². The molecule has 0 atom stereocenters. The highest BCUT2D eigenvalue weighted by Gasteiger charge is 2.30. The molecule has 0 bridgehead atoms. The van der Waals surface area contributed by atoms with Crippen molar-refractivity contribution in [3.8, 4) is 0 Å². The van der Waals surface area contributed by atoms with Gasteiger partial charge in [-0.15, -0.1) is 0 Å². The van der Waals surface area contributed by atoms with Crippen molar-refractivity contribution in [1.82, 2.24) is 5.32 Å². The quantitative estimate of drug-likeness (QED) is 0.454. The molecule has 3 amide bonds. The van der Waals surface area contributed by atoms with Crippen molar-refractivity contribution in [2.45, 2.75) is 19.5 Å². The molecule has 0 fully saturated rings. The van der Waals surface area contributed by atoms with Gasteiger partial charge in [0.2, 0.25) is 5.91 Å². The van der Waals surface area contributed by atoms with Crippen molar-refractivity contribution >= 4 is 29.1 Å². The van der Waals surface area contributed by atoms with Crippen LogP contribution >= 0.6 is 0 Å². The van der Waals surface area contributed by atoms with Gasteiger partial charge in [0.25, 0.3) is 11.8 Å². The number of benzene rings is 3. The second-order valence-corrected chi connectivity index (χ2v) is 7.48. The number of hydrogen-bond donors (Lipinski definition) is 3. The average Bonchev–Trinajstić information content (AvgIpc) is 2.79. The predicted octanol–water partition coefficient (Wildman–Crippen LogP) is 5.02. The van der Waals surface area contributed by atoms with E-state index in [9.17, 15) is 27.6 Å². The second-order valence-electron chi connectivity index (χ2n) is 7.48. The highest BCUT2D eigenvalue weighted by molar-refractivity contribution is 6.05. The molecule has 0 aromatic heterocycles. The first-order valence-electron chi connectivity index (χ1n) is 10.4. The summed E-state index contributed by atoms with van der Waals surface area (Å²) >= 11 is 0. The molecular weight excluding hydrogens is 447 g/mol. The number of alkyl halides is 3. The number of amides is 3. The number of hydrogen-bond acceptors (Lipinski definition) is 3. The van der Waals surface area contributed by atoms with Gasteiger partial charge in [-0.1, -0.05) is 30.3 Å². The first kappa shape index (κ1) is 24.5. The molecule has 0 saturated heterocycles. The summed E-state index contributed by atoms with van der Waals surface area (Å²) in [6.45, 7) is 1.94. The Morgan fingerprint density at radius 3 is 2.18 bits per heavy atom. The molecule has 0 aliphatic rings. The van der Waals surface area contributed by atoms with Crippen molar-refractivity contribution in [3.63, 3.8) is 0 Å². The molecule has 3 N–H and O–H groups in total. The summed E-state index contributed by atoms with van der Waals surface area (Å²) in [6, 6.07) is 17.4. The Morgan fingerprint density at radius 2 is 1.47 bits per heavy atom. The molecule has 0 unspecified atom stereocenters. The summed E-state index contributed by atoms with van der Waals surface area (Å²) in [6.07, 6.45) is -4.51. The van der Waals surface area contributed by atoms with Gasteiger partial charge in [0.15, 0.2) is 0 Å². The standard InChI is InChI=1S/C25H22F3N3O3/c1-16-6-2-3-11-21(16)24(34)29-13-12-22(32)30-19-9-4-7-17(14-19)23(33)31-20-10-5-8-18(15-20)25(26,27)28/h2-11,14-15H,12-13H2,1H3,(H,29,34)(H,30,32)(H,31,33). The van der Waals surface area contributed by atoms with Crippen LogP contribution in [0, 0.1) is 6.92 Å². The maximum absolute atomic E-state index is 12.9. The van der Waals surface area contributed by atoms with E-state index in [1.54, 1.807) is 18.2 Å². The molecule has 0 aliphatic heterocycles. The maximum Gasteiger partial charge on any atom is 0.416 e. The highest BCUT2D eigenvalue weighted by atomic mass is 19.4. The number of nitrogens with one attached hydrogen (secondary N) is 3. The van der Waals surface area contributed by atoms with Gasteiger partial charge in [-0.05, 0) is 55.0 Å². The fraction of sp³-hybridized carbons (Fsp3) is 0.160. The minimum absolute atomic E-state index is 0.00124. The van der Waals surface area contributed by atoms with Crippen LogP contribution < -0.4 is 16.0 Å². The number of halogens is 3. The van der Waals surface area contributed by atoms with E-state index in [4.69, 9.17) is 0 Å². The van der Waals surface area contributed by atoms with Crippen molar-refractivity contribution in [2.75, 3.05) is 17.2 Å². The van der Waals surface area contributed by atoms with Crippen molar-refractivity contribution < 1.29 is 27.6 Å². The third-order valence-corrected chi connectivity index (χ3v) is 4.88. The number of anilines is 2. The van der Waals surface area contributed by atoms with E-state index in [-0.39, 0.29) is 36.0 Å². The summed E-state index contributed by atoms with van der Waals surface area (Å²) in [5, 5.41) is 7.74. The summed E-state index contributed by atoms with van der Waals surface area (Å²) in [5.41, 5.74) is 0.974. The largest absolute Gasteiger partial charge is 0.416 e. The zero-order chi connectivity index (χ0) is 24.7. The van der Waals surface area contributed by atoms with Crippen LogP contribution in [0.15, 0.2) is 72.8 Å². The summed E-state index contributed by atoms with van der Waals surface area (Å²) in [4.78, 5) is 36.9. The number of aryl methyl sites for hydroxylation is 1. The average molecular weight is 469 g/mol. The Morgan fingerprint density at radius 1 is 0.794 bits per heavy atom. The molecule has 3 aromatic rings. The minimum Gasteiger partial charge on any atom is -0.352 e. The Hall–Kier alpha value is -4.14. The lowest BCUT2D eigenvalue weighted by Gasteiger charge is -2.11. The Labute approximate surface area is 194 Å². The van der Waals surface area contributed by atoms with Gasteiger partial charge in [0, 0.05) is 35.5 Å². The van der Waals surface area contributed by atoms with Crippen LogP contribution in [0.3, 0.4) is 0 Å². The molecule has 176 valence electrons. The monoisotopic (exact) mass is 469 g/mol. The second kappa shape index (κ2) is 10.7. The summed E-state index contributed by atoms with van der Waals surface area (Å²) in [5.74, 6) is -1.28. The molecule has 0 heterocycles. The molecule has 0 saturated carbocycles. The zero-order valence-electron chi connectivity index (χ0n) is 18.2. The van der Waals surface area contributed by atoms with Crippen LogP contribution in [-0.4, -0.2) is 24.3 Å². The van der Waals surface area contributed by atoms with Gasteiger partial charge < -0.3 is 16.0 Å². The van der Waals surface area contributed by atoms with Gasteiger partial charge in [-0.2, -0.15) is 13.2 Å². The molecule has 34 heavy (non-hydrogen) atoms. The molecular formula is C25H22F3N3O3. The van der Waals surface area contributed by atoms with Crippen LogP contribution in [-0.2, 0) is 11.0 Å². The van der Waals surface area contributed by atoms with E-state index < -0.39 is 17.6 Å². The van der Waals surface area contributed by atoms with Crippen LogP contribution in [0.1, 0.15) is 38.3 Å². The van der Waals surface area contributed by atoms with E-state index >= 15 is 0 Å². The third-order valence-electron chi connectivity index (χ3n) is 4.88. The lowest BCUT2D eigenvalue weighted by atomic mass is 10.1. The molecule has 0 spiro atoms. The van der Waals surface area contributed by atoms with Crippen LogP contribution in [0.4, 0.5) is 24.5 Å². The van der Waals surface area contributed by atoms with Gasteiger partial charge in [-0.3, -0.25) is 14.4 Å². The van der Waals surface area contributed by atoms with E-state index in [1.165, 1.54) is 30.3 Å². The summed E-state index contributed by atoms with van der Waals surface area (Å²) in [7, 11) is 0. The normalized spacial score (nSPS) is 10.9. The molecule has 6 nitrogen and oxygen atoms in total. The van der Waals surface area contributed by atoms with Crippen LogP contribution in [0.25, 0.3) is 0 Å². The van der Waals surface area contributed by atoms with Crippen molar-refractivity contribution in [3.05, 3.63) is 95.1 Å². The fourth-order valence-corrected chi connectivity index (χ4v) is 3.15. The first-order chi connectivity index (χ1) is 16.1. The van der Waals surface area contributed by atoms with Crippen LogP contribution in [0.2, 0.25) is 0 Å². The van der Waals surface area contributed by atoms with E-state index in [1.807, 2.05) is 19.1 Å². The van der Waals surface area contributed by atoms with Gasteiger partial charge in [-0.25, -0.2) is 0 Å². The highest BCUT2D eigenvalue weighted by Crippen LogP contribution is 2.30. The first-order valence-corrected chi connectivity index (χ1v) is 10.4. The maximum atomic E-state index is 12.9. The Kier molecular flexibility index (Phi) is 7.68. The lowest BCUT2D eigenvalue weighted by Crippen LogP contribution is -2.28. The number of carbonyl (C=O) groups excluding carboxylic acids is 3. The van der Waals surface area contributed by atoms with Gasteiger partial charge >= 0.3 is 6.18 Å². The molecule has 9 heteroatoms. The number of rotatable bonds is 7. The topological polar surface area (TPSA) is 87.3 Å². The molecule has 0 aliphatic carbocycles. The van der Waals surface area contributed by atoms with Gasteiger partial charge in [0.1, 0.15) is 0 Å². The third kappa shape index (κ3) is 6.68. The molecule has 3 rings (SSSR count). The van der Waals surface area contributed by atoms with Crippen LogP contribution in [0.5, 0.6) is 0 Å². The zero-order valence-corrected chi connectivity index (χ0v) is 18.2. The SMILES string of the molecule is Cc1ccccc1C(=O)NCCC(=O)Nc1cccc(C(=O)Nc2cccc(C(F)(F)F)c2)c1. The fourth-order valence-electron chi connectivity index (χ4n) is 3.15. The molecule has 0 radical (unpaired) electrons. The van der Waals surface area contributed by atoms with E-state index in [2.05, 4.69) is 16.0 Å². The Bertz CT molecular complexity index is 1210. The van der Waals surface area contributed by atoms with E-state index in [0.717, 1.165) is 17.7 Å². The molecule has 3 aromatic carbocycles. The Balaban J connectivity index is 1.54. The lowest BCUT2D eigenvalue weighted by molar-refractivity contribution is -0.137. The summed E-state index contributed by atoms with van der Waals surface area (Å²) < 4.78 is 38.6. The van der Waals surface area contributed by atoms with E-state index in [0.29, 0.717) is 11.3 Å². The number of carbonyl (C=O) groups is 3. The smallest absolute Gasteiger partial charge is 0.352 e. The van der Waals surface area contributed by atoms with Crippen molar-refractivity contribution in [2.24, 2.45) is 0 Å². The van der Waals surface area contributed by atoms with Crippen molar-refractivity contribution in [1.29, 1.82) is 0 Å². The minimum atomic E-state index is -4.52. The predicted molar refractivity (Wildman–Crippen MR) is 123 cm³/mol.